The summed E-state index contributed by atoms with van der Waals surface area (Å²) in [7, 11) is -5.08. The Bertz CT molecular complexity index is 1600. The maximum Gasteiger partial charge on any atom is 0.472 e. The highest BCUT2D eigenvalue weighted by Crippen LogP contribution is 2.42. The molecular weight excluding hydrogens is 775 g/mol. The number of carboxylic acid groups (broad SMARTS) is 2. The van der Waals surface area contributed by atoms with E-state index in [1.54, 1.807) is 44.2 Å². The van der Waals surface area contributed by atoms with Crippen LogP contribution in [0, 0.1) is 11.8 Å². The summed E-state index contributed by atoms with van der Waals surface area (Å²) in [4.78, 5) is 111. The van der Waals surface area contributed by atoms with Crippen LogP contribution in [-0.4, -0.2) is 118 Å². The van der Waals surface area contributed by atoms with Gasteiger partial charge in [0.05, 0.1) is 38.1 Å². The summed E-state index contributed by atoms with van der Waals surface area (Å²) in [5.41, 5.74) is 17.5. The zero-order chi connectivity index (χ0) is 43.5. The Morgan fingerprint density at radius 3 is 1.81 bits per heavy atom. The summed E-state index contributed by atoms with van der Waals surface area (Å²) < 4.78 is 22.5. The number of benzene rings is 1. The van der Waals surface area contributed by atoms with Crippen LogP contribution in [0.4, 0.5) is 0 Å². The zero-order valence-corrected chi connectivity index (χ0v) is 33.1. The third-order valence-electron chi connectivity index (χ3n) is 8.26. The van der Waals surface area contributed by atoms with E-state index in [0.717, 1.165) is 0 Å². The number of carboxylic acids is 2. The number of primary amides is 1. The highest BCUT2D eigenvalue weighted by atomic mass is 31.2. The van der Waals surface area contributed by atoms with E-state index < -0.39 is 118 Å². The SMILES string of the molecule is CC[C@H](C)[C@H](N)C(=O)N[C@@H](CC(N)=O)C(=O)N[C@@H](COP(=O)(O)OCCNC(=O)[C@@H](N)CC(C)C)C(=O)N[C@@H](CC(=O)O)C(=O)N[C@@H](Cc1ccccc1)C(=O)O. The first-order valence-corrected chi connectivity index (χ1v) is 19.4. The molecule has 1 aromatic carbocycles. The number of phosphoric acid groups is 1. The third kappa shape index (κ3) is 19.6. The van der Waals surface area contributed by atoms with E-state index in [2.05, 4.69) is 26.6 Å². The van der Waals surface area contributed by atoms with Crippen LogP contribution in [0.5, 0.6) is 0 Å². The second-order valence-electron chi connectivity index (χ2n) is 13.6. The molecule has 320 valence electrons. The second kappa shape index (κ2) is 24.6. The molecule has 1 unspecified atom stereocenters. The molecule has 0 saturated carbocycles. The van der Waals surface area contributed by atoms with Crippen LogP contribution >= 0.6 is 7.82 Å². The number of carbonyl (C=O) groups excluding carboxylic acids is 6. The fourth-order valence-corrected chi connectivity index (χ4v) is 5.65. The quantitative estimate of drug-likeness (QED) is 0.0325. The summed E-state index contributed by atoms with van der Waals surface area (Å²) in [6.45, 7) is 5.03. The van der Waals surface area contributed by atoms with Crippen molar-refractivity contribution >= 4 is 55.2 Å². The van der Waals surface area contributed by atoms with Gasteiger partial charge >= 0.3 is 19.8 Å². The summed E-state index contributed by atoms with van der Waals surface area (Å²) in [6.07, 6.45) is -1.31. The average molecular weight is 831 g/mol. The van der Waals surface area contributed by atoms with E-state index in [0.29, 0.717) is 18.4 Å². The van der Waals surface area contributed by atoms with E-state index in [1.165, 1.54) is 0 Å². The van der Waals surface area contributed by atoms with Gasteiger partial charge in [0.15, 0.2) is 0 Å². The fraction of sp³-hybridized carbons (Fsp3) is 0.588. The number of nitrogens with two attached hydrogens (primary N) is 3. The number of nitrogens with one attached hydrogen (secondary N) is 5. The topological polar surface area (TPSA) is 371 Å². The monoisotopic (exact) mass is 830 g/mol. The Kier molecular flexibility index (Phi) is 21.6. The van der Waals surface area contributed by atoms with Crippen molar-refractivity contribution in [2.24, 2.45) is 29.0 Å². The van der Waals surface area contributed by atoms with Crippen LogP contribution in [-0.2, 0) is 58.4 Å². The molecule has 0 fully saturated rings. The van der Waals surface area contributed by atoms with Crippen molar-refractivity contribution in [3.05, 3.63) is 35.9 Å². The van der Waals surface area contributed by atoms with Gasteiger partial charge in [-0.25, -0.2) is 9.36 Å². The van der Waals surface area contributed by atoms with E-state index in [9.17, 15) is 58.0 Å². The van der Waals surface area contributed by atoms with Crippen LogP contribution in [0.1, 0.15) is 58.9 Å². The smallest absolute Gasteiger partial charge is 0.472 e. The molecule has 0 aliphatic rings. The molecule has 0 aliphatic heterocycles. The van der Waals surface area contributed by atoms with Crippen LogP contribution < -0.4 is 43.8 Å². The molecule has 57 heavy (non-hydrogen) atoms. The van der Waals surface area contributed by atoms with Crippen LogP contribution in [0.3, 0.4) is 0 Å². The number of amides is 6. The normalized spacial score (nSPS) is 15.9. The van der Waals surface area contributed by atoms with Crippen molar-refractivity contribution in [3.8, 4) is 0 Å². The second-order valence-corrected chi connectivity index (χ2v) is 15.0. The van der Waals surface area contributed by atoms with Crippen molar-refractivity contribution < 1.29 is 67.1 Å². The van der Waals surface area contributed by atoms with Crippen LogP contribution in [0.15, 0.2) is 30.3 Å². The molecule has 0 bridgehead atoms. The predicted octanol–water partition coefficient (Wildman–Crippen LogP) is -2.40. The molecule has 6 amide bonds. The zero-order valence-electron chi connectivity index (χ0n) is 32.2. The van der Waals surface area contributed by atoms with Crippen molar-refractivity contribution in [1.29, 1.82) is 0 Å². The summed E-state index contributed by atoms with van der Waals surface area (Å²) in [5.74, 6) is -9.78. The Labute approximate surface area is 329 Å². The fourth-order valence-electron chi connectivity index (χ4n) is 4.91. The van der Waals surface area contributed by atoms with Crippen LogP contribution in [0.25, 0.3) is 0 Å². The van der Waals surface area contributed by atoms with Crippen LogP contribution in [0.2, 0.25) is 0 Å². The summed E-state index contributed by atoms with van der Waals surface area (Å²) in [6, 6.07) is -1.30. The highest BCUT2D eigenvalue weighted by molar-refractivity contribution is 7.47. The summed E-state index contributed by atoms with van der Waals surface area (Å²) >= 11 is 0. The molecule has 0 heterocycles. The van der Waals surface area contributed by atoms with E-state index >= 15 is 0 Å². The molecule has 23 heteroatoms. The molecule has 0 aromatic heterocycles. The molecule has 0 radical (unpaired) electrons. The lowest BCUT2D eigenvalue weighted by atomic mass is 9.99. The van der Waals surface area contributed by atoms with Crippen molar-refractivity contribution in [2.45, 2.75) is 96.1 Å². The minimum absolute atomic E-state index is 0.110. The average Bonchev–Trinajstić information content (AvgIpc) is 3.12. The van der Waals surface area contributed by atoms with Gasteiger partial charge in [0, 0.05) is 13.0 Å². The molecule has 0 spiro atoms. The van der Waals surface area contributed by atoms with Crippen molar-refractivity contribution in [1.82, 2.24) is 26.6 Å². The molecule has 1 rings (SSSR count). The Morgan fingerprint density at radius 2 is 1.28 bits per heavy atom. The van der Waals surface area contributed by atoms with Gasteiger partial charge in [-0.1, -0.05) is 64.4 Å². The van der Waals surface area contributed by atoms with Gasteiger partial charge < -0.3 is 58.9 Å². The first kappa shape index (κ1) is 50.0. The minimum atomic E-state index is -5.08. The molecular formula is C34H55N8O14P. The molecule has 1 aromatic rings. The van der Waals surface area contributed by atoms with Gasteiger partial charge in [-0.2, -0.15) is 0 Å². The highest BCUT2D eigenvalue weighted by Gasteiger charge is 2.35. The van der Waals surface area contributed by atoms with E-state index in [4.69, 9.17) is 26.2 Å². The van der Waals surface area contributed by atoms with Gasteiger partial charge in [0.1, 0.15) is 24.2 Å². The molecule has 14 N–H and O–H groups in total. The van der Waals surface area contributed by atoms with Gasteiger partial charge in [-0.05, 0) is 23.8 Å². The van der Waals surface area contributed by atoms with Crippen molar-refractivity contribution in [2.75, 3.05) is 19.8 Å². The number of phosphoric ester groups is 1. The maximum absolute atomic E-state index is 13.6. The van der Waals surface area contributed by atoms with E-state index in [1.807, 2.05) is 13.8 Å². The standard InChI is InChI=1S/C34H55N8O14P/c1-5-19(4)28(37)33(50)40-22(15-26(36)43)30(47)42-25(17-56-57(53,54)55-12-11-38-29(46)21(35)13-18(2)3)32(49)39-23(16-27(44)45)31(48)41-24(34(51)52)14-20-9-7-6-8-10-20/h6-10,18-19,21-25,28H,5,11-17,35,37H2,1-4H3,(H2,36,43)(H,38,46)(H,39,49)(H,40,50)(H,41,48)(H,42,47)(H,44,45)(H,51,52)(H,53,54)/t19-,21-,22-,23-,24-,25-,28-/m0/s1. The summed E-state index contributed by atoms with van der Waals surface area (Å²) in [5, 5.41) is 30.2. The largest absolute Gasteiger partial charge is 0.481 e. The Morgan fingerprint density at radius 1 is 0.754 bits per heavy atom. The van der Waals surface area contributed by atoms with Gasteiger partial charge in [-0.15, -0.1) is 0 Å². The first-order chi connectivity index (χ1) is 26.6. The lowest BCUT2D eigenvalue weighted by Crippen LogP contribution is -2.60. The molecule has 0 saturated heterocycles. The number of hydrogen-bond donors (Lipinski definition) is 11. The Hall–Kier alpha value is -4.99. The lowest BCUT2D eigenvalue weighted by Gasteiger charge is -2.26. The van der Waals surface area contributed by atoms with Gasteiger partial charge in [-0.3, -0.25) is 42.6 Å². The van der Waals surface area contributed by atoms with Gasteiger partial charge in [0.25, 0.3) is 0 Å². The molecule has 8 atom stereocenters. The predicted molar refractivity (Wildman–Crippen MR) is 201 cm³/mol. The number of aliphatic carboxylic acids is 2. The number of rotatable bonds is 27. The Balaban J connectivity index is 3.33. The van der Waals surface area contributed by atoms with E-state index in [-0.39, 0.29) is 24.8 Å². The number of carbonyl (C=O) groups is 8. The molecule has 0 aliphatic carbocycles. The minimum Gasteiger partial charge on any atom is -0.481 e. The number of hydrogen-bond acceptors (Lipinski definition) is 13. The lowest BCUT2D eigenvalue weighted by molar-refractivity contribution is -0.143. The maximum atomic E-state index is 13.6. The van der Waals surface area contributed by atoms with Gasteiger partial charge in [0.2, 0.25) is 35.4 Å². The first-order valence-electron chi connectivity index (χ1n) is 18.0. The molecule has 22 nitrogen and oxygen atoms in total. The third-order valence-corrected chi connectivity index (χ3v) is 9.25. The van der Waals surface area contributed by atoms with Crippen molar-refractivity contribution in [3.63, 3.8) is 0 Å².